The second-order valence-corrected chi connectivity index (χ2v) is 4.46. The number of benzene rings is 2. The Labute approximate surface area is 125 Å². The lowest BCUT2D eigenvalue weighted by atomic mass is 10.3. The molecule has 2 aromatic carbocycles. The normalized spacial score (nSPS) is 9.30. The molecular formula is C12H10N2O4S2. The van der Waals surface area contributed by atoms with E-state index in [4.69, 9.17) is 0 Å². The van der Waals surface area contributed by atoms with Gasteiger partial charge in [-0.25, -0.2) is 0 Å². The highest BCUT2D eigenvalue weighted by Gasteiger charge is 2.07. The van der Waals surface area contributed by atoms with Gasteiger partial charge in [-0.15, -0.1) is 25.3 Å². The number of hydrogen-bond acceptors (Lipinski definition) is 6. The molecule has 2 rings (SSSR count). The van der Waals surface area contributed by atoms with Crippen LogP contribution in [0.2, 0.25) is 0 Å². The summed E-state index contributed by atoms with van der Waals surface area (Å²) in [6.45, 7) is 0. The molecule has 0 spiro atoms. The molecule has 0 aliphatic rings. The molecule has 0 aliphatic heterocycles. The predicted octanol–water partition coefficient (Wildman–Crippen LogP) is 3.77. The summed E-state index contributed by atoms with van der Waals surface area (Å²) < 4.78 is 0. The van der Waals surface area contributed by atoms with Gasteiger partial charge in [0.05, 0.1) is 19.6 Å². The van der Waals surface area contributed by atoms with E-state index in [0.717, 1.165) is 0 Å². The summed E-state index contributed by atoms with van der Waals surface area (Å²) in [5, 5.41) is 20.4. The third kappa shape index (κ3) is 4.56. The fourth-order valence-electron chi connectivity index (χ4n) is 1.24. The van der Waals surface area contributed by atoms with E-state index < -0.39 is 9.85 Å². The zero-order chi connectivity index (χ0) is 15.1. The minimum absolute atomic E-state index is 0.0471. The first-order chi connectivity index (χ1) is 9.43. The number of rotatable bonds is 2. The lowest BCUT2D eigenvalue weighted by Crippen LogP contribution is -1.87. The number of thiol groups is 2. The molecular weight excluding hydrogens is 300 g/mol. The maximum atomic E-state index is 10.2. The Morgan fingerprint density at radius 1 is 0.700 bits per heavy atom. The largest absolute Gasteiger partial charge is 0.282 e. The van der Waals surface area contributed by atoms with Crippen LogP contribution < -0.4 is 0 Å². The van der Waals surface area contributed by atoms with Crippen molar-refractivity contribution in [3.8, 4) is 0 Å². The van der Waals surface area contributed by atoms with Gasteiger partial charge in [0.2, 0.25) is 0 Å². The minimum Gasteiger partial charge on any atom is -0.258 e. The quantitative estimate of drug-likeness (QED) is 0.502. The van der Waals surface area contributed by atoms with Crippen LogP contribution in [-0.2, 0) is 0 Å². The van der Waals surface area contributed by atoms with E-state index in [1.807, 2.05) is 0 Å². The molecule has 0 saturated carbocycles. The van der Waals surface area contributed by atoms with Gasteiger partial charge in [-0.3, -0.25) is 20.2 Å². The van der Waals surface area contributed by atoms with Crippen LogP contribution in [0.1, 0.15) is 0 Å². The standard InChI is InChI=1S/2C6H5NO2S/c2*8-7(9)5-3-1-2-4-6(5)10/h2*1-4,10H. The van der Waals surface area contributed by atoms with Crippen molar-refractivity contribution in [2.45, 2.75) is 9.79 Å². The first-order valence-electron chi connectivity index (χ1n) is 5.28. The van der Waals surface area contributed by atoms with E-state index in [1.54, 1.807) is 36.4 Å². The van der Waals surface area contributed by atoms with Crippen LogP contribution in [0.3, 0.4) is 0 Å². The highest BCUT2D eigenvalue weighted by molar-refractivity contribution is 7.80. The summed E-state index contributed by atoms with van der Waals surface area (Å²) in [5.41, 5.74) is 0.0941. The Hall–Kier alpha value is -2.06. The summed E-state index contributed by atoms with van der Waals surface area (Å²) >= 11 is 7.79. The van der Waals surface area contributed by atoms with Crippen molar-refractivity contribution >= 4 is 36.6 Å². The molecule has 0 amide bonds. The van der Waals surface area contributed by atoms with Crippen molar-refractivity contribution in [3.05, 3.63) is 68.8 Å². The third-order valence-corrected chi connectivity index (χ3v) is 2.91. The number of para-hydroxylation sites is 2. The van der Waals surface area contributed by atoms with Gasteiger partial charge in [-0.05, 0) is 12.1 Å². The fraction of sp³-hybridized carbons (Fsp3) is 0. The summed E-state index contributed by atoms with van der Waals surface area (Å²) in [6.07, 6.45) is 0. The first kappa shape index (κ1) is 16.0. The van der Waals surface area contributed by atoms with Gasteiger partial charge in [0, 0.05) is 12.1 Å². The van der Waals surface area contributed by atoms with E-state index in [1.165, 1.54) is 12.1 Å². The molecule has 0 aliphatic carbocycles. The average Bonchev–Trinajstić information content (AvgIpc) is 2.40. The molecule has 104 valence electrons. The molecule has 0 bridgehead atoms. The number of nitro benzene ring substituents is 2. The van der Waals surface area contributed by atoms with Crippen molar-refractivity contribution < 1.29 is 9.85 Å². The van der Waals surface area contributed by atoms with E-state index in [-0.39, 0.29) is 11.4 Å². The third-order valence-electron chi connectivity index (χ3n) is 2.16. The van der Waals surface area contributed by atoms with Crippen LogP contribution in [0.5, 0.6) is 0 Å². The summed E-state index contributed by atoms with van der Waals surface area (Å²) in [4.78, 5) is 20.2. The summed E-state index contributed by atoms with van der Waals surface area (Å²) in [5.74, 6) is 0. The molecule has 0 atom stereocenters. The maximum Gasteiger partial charge on any atom is 0.282 e. The lowest BCUT2D eigenvalue weighted by molar-refractivity contribution is -0.387. The zero-order valence-electron chi connectivity index (χ0n) is 10.0. The van der Waals surface area contributed by atoms with Gasteiger partial charge in [0.1, 0.15) is 0 Å². The SMILES string of the molecule is O=[N+]([O-])c1ccccc1S.O=[N+]([O-])c1ccccc1S. The second-order valence-electron chi connectivity index (χ2n) is 3.49. The monoisotopic (exact) mass is 310 g/mol. The number of nitrogens with zero attached hydrogens (tertiary/aromatic N) is 2. The van der Waals surface area contributed by atoms with E-state index in [9.17, 15) is 20.2 Å². The topological polar surface area (TPSA) is 86.3 Å². The number of nitro groups is 2. The second kappa shape index (κ2) is 7.51. The van der Waals surface area contributed by atoms with Crippen LogP contribution in [0.15, 0.2) is 58.3 Å². The van der Waals surface area contributed by atoms with Crippen LogP contribution in [0, 0.1) is 20.2 Å². The van der Waals surface area contributed by atoms with E-state index >= 15 is 0 Å². The van der Waals surface area contributed by atoms with Gasteiger partial charge < -0.3 is 0 Å². The highest BCUT2D eigenvalue weighted by Crippen LogP contribution is 2.20. The van der Waals surface area contributed by atoms with E-state index in [2.05, 4.69) is 25.3 Å². The van der Waals surface area contributed by atoms with E-state index in [0.29, 0.717) is 9.79 Å². The molecule has 2 aromatic rings. The molecule has 0 fully saturated rings. The van der Waals surface area contributed by atoms with Gasteiger partial charge >= 0.3 is 0 Å². The van der Waals surface area contributed by atoms with Crippen molar-refractivity contribution in [1.82, 2.24) is 0 Å². The van der Waals surface area contributed by atoms with Crippen molar-refractivity contribution in [3.63, 3.8) is 0 Å². The highest BCUT2D eigenvalue weighted by atomic mass is 32.1. The first-order valence-corrected chi connectivity index (χ1v) is 6.17. The molecule has 0 aromatic heterocycles. The minimum atomic E-state index is -0.456. The van der Waals surface area contributed by atoms with Crippen molar-refractivity contribution in [2.75, 3.05) is 0 Å². The molecule has 0 heterocycles. The molecule has 8 heteroatoms. The Kier molecular flexibility index (Phi) is 6.01. The Morgan fingerprint density at radius 3 is 1.20 bits per heavy atom. The van der Waals surface area contributed by atoms with Gasteiger partial charge in [-0.2, -0.15) is 0 Å². The van der Waals surface area contributed by atoms with Gasteiger partial charge in [0.15, 0.2) is 0 Å². The van der Waals surface area contributed by atoms with Crippen molar-refractivity contribution in [2.24, 2.45) is 0 Å². The molecule has 20 heavy (non-hydrogen) atoms. The maximum absolute atomic E-state index is 10.2. The predicted molar refractivity (Wildman–Crippen MR) is 80.7 cm³/mol. The smallest absolute Gasteiger partial charge is 0.258 e. The Bertz CT molecular complexity index is 579. The zero-order valence-corrected chi connectivity index (χ0v) is 11.8. The molecule has 0 unspecified atom stereocenters. The molecule has 0 N–H and O–H groups in total. The number of hydrogen-bond donors (Lipinski definition) is 2. The molecule has 6 nitrogen and oxygen atoms in total. The van der Waals surface area contributed by atoms with Crippen LogP contribution in [-0.4, -0.2) is 9.85 Å². The summed E-state index contributed by atoms with van der Waals surface area (Å²) in [6, 6.07) is 12.6. The molecule has 0 saturated heterocycles. The average molecular weight is 310 g/mol. The van der Waals surface area contributed by atoms with Crippen molar-refractivity contribution in [1.29, 1.82) is 0 Å². The van der Waals surface area contributed by atoms with Crippen LogP contribution in [0.4, 0.5) is 11.4 Å². The summed E-state index contributed by atoms with van der Waals surface area (Å²) in [7, 11) is 0. The molecule has 0 radical (unpaired) electrons. The van der Waals surface area contributed by atoms with Crippen LogP contribution in [0.25, 0.3) is 0 Å². The fourth-order valence-corrected chi connectivity index (χ4v) is 1.72. The van der Waals surface area contributed by atoms with Gasteiger partial charge in [-0.1, -0.05) is 24.3 Å². The van der Waals surface area contributed by atoms with Crippen LogP contribution >= 0.6 is 25.3 Å². The van der Waals surface area contributed by atoms with Gasteiger partial charge in [0.25, 0.3) is 11.4 Å². The Morgan fingerprint density at radius 2 is 1.00 bits per heavy atom. The lowest BCUT2D eigenvalue weighted by Gasteiger charge is -1.91. The Balaban J connectivity index is 0.000000200.